The van der Waals surface area contributed by atoms with Crippen LogP contribution in [0.3, 0.4) is 0 Å². The van der Waals surface area contributed by atoms with Gasteiger partial charge in [0.15, 0.2) is 0 Å². The van der Waals surface area contributed by atoms with E-state index in [0.29, 0.717) is 5.56 Å². The van der Waals surface area contributed by atoms with E-state index in [1.807, 2.05) is 18.2 Å². The minimum Gasteiger partial charge on any atom is -0.354 e. The molecule has 0 saturated carbocycles. The Hall–Kier alpha value is -2.40. The summed E-state index contributed by atoms with van der Waals surface area (Å²) in [7, 11) is 2.12. The van der Waals surface area contributed by atoms with Crippen LogP contribution >= 0.6 is 0 Å². The van der Waals surface area contributed by atoms with Gasteiger partial charge in [-0.2, -0.15) is 0 Å². The number of nitrogens with one attached hydrogen (secondary N) is 1. The summed E-state index contributed by atoms with van der Waals surface area (Å²) in [5, 5.41) is 2.98. The van der Waals surface area contributed by atoms with Gasteiger partial charge in [-0.25, -0.2) is 4.98 Å². The Balaban J connectivity index is 1.69. The summed E-state index contributed by atoms with van der Waals surface area (Å²) >= 11 is 0. The van der Waals surface area contributed by atoms with Gasteiger partial charge in [-0.15, -0.1) is 0 Å². The van der Waals surface area contributed by atoms with E-state index in [1.165, 1.54) is 5.56 Å². The lowest BCUT2D eigenvalue weighted by Gasteiger charge is -2.33. The summed E-state index contributed by atoms with van der Waals surface area (Å²) in [5.41, 5.74) is 2.79. The fourth-order valence-corrected chi connectivity index (χ4v) is 3.02. The zero-order valence-corrected chi connectivity index (χ0v) is 16.1. The van der Waals surface area contributed by atoms with Gasteiger partial charge < -0.3 is 15.1 Å². The Morgan fingerprint density at radius 3 is 2.31 bits per heavy atom. The number of piperazine rings is 1. The molecule has 1 aliphatic heterocycles. The Kier molecular flexibility index (Phi) is 5.28. The van der Waals surface area contributed by atoms with Crippen molar-refractivity contribution in [1.82, 2.24) is 9.88 Å². The summed E-state index contributed by atoms with van der Waals surface area (Å²) in [6, 6.07) is 11.7. The molecule has 0 unspecified atom stereocenters. The lowest BCUT2D eigenvalue weighted by Crippen LogP contribution is -2.44. The standard InChI is InChI=1S/C21H28N4O/c1-21(2,3)17-5-7-18(8-6-17)23-20(26)16-9-10-22-19(15-16)25-13-11-24(4)12-14-25/h5-10,15H,11-14H2,1-4H3,(H,23,26). The molecule has 1 saturated heterocycles. The maximum Gasteiger partial charge on any atom is 0.255 e. The first-order chi connectivity index (χ1) is 12.3. The Bertz CT molecular complexity index is 756. The molecule has 1 aromatic carbocycles. The van der Waals surface area contributed by atoms with Crippen LogP contribution in [-0.4, -0.2) is 49.0 Å². The van der Waals surface area contributed by atoms with E-state index < -0.39 is 0 Å². The van der Waals surface area contributed by atoms with Crippen molar-refractivity contribution in [2.75, 3.05) is 43.4 Å². The zero-order chi connectivity index (χ0) is 18.7. The lowest BCUT2D eigenvalue weighted by molar-refractivity contribution is 0.102. The molecule has 5 heteroatoms. The quantitative estimate of drug-likeness (QED) is 0.920. The number of likely N-dealkylation sites (N-methyl/N-ethyl adjacent to an activating group) is 1. The summed E-state index contributed by atoms with van der Waals surface area (Å²) in [6.45, 7) is 10.4. The molecular formula is C21H28N4O. The summed E-state index contributed by atoms with van der Waals surface area (Å²) in [6.07, 6.45) is 1.71. The predicted octanol–water partition coefficient (Wildman–Crippen LogP) is 3.38. The van der Waals surface area contributed by atoms with Crippen LogP contribution in [0.5, 0.6) is 0 Å². The van der Waals surface area contributed by atoms with Crippen molar-refractivity contribution in [3.05, 3.63) is 53.7 Å². The molecule has 1 amide bonds. The fraction of sp³-hybridized carbons (Fsp3) is 0.429. The third-order valence-corrected chi connectivity index (χ3v) is 4.84. The smallest absolute Gasteiger partial charge is 0.255 e. The SMILES string of the molecule is CN1CCN(c2cc(C(=O)Nc3ccc(C(C)(C)C)cc3)ccn2)CC1. The van der Waals surface area contributed by atoms with Gasteiger partial charge >= 0.3 is 0 Å². The average molecular weight is 352 g/mol. The zero-order valence-electron chi connectivity index (χ0n) is 16.1. The van der Waals surface area contributed by atoms with E-state index in [2.05, 4.69) is 60.1 Å². The van der Waals surface area contributed by atoms with Gasteiger partial charge in [0.1, 0.15) is 5.82 Å². The second kappa shape index (κ2) is 7.46. The monoisotopic (exact) mass is 352 g/mol. The third-order valence-electron chi connectivity index (χ3n) is 4.84. The number of anilines is 2. The number of carbonyl (C=O) groups excluding carboxylic acids is 1. The summed E-state index contributed by atoms with van der Waals surface area (Å²) in [4.78, 5) is 21.6. The molecule has 0 aliphatic carbocycles. The fourth-order valence-electron chi connectivity index (χ4n) is 3.02. The first kappa shape index (κ1) is 18.4. The average Bonchev–Trinajstić information content (AvgIpc) is 2.62. The largest absolute Gasteiger partial charge is 0.354 e. The minimum absolute atomic E-state index is 0.102. The van der Waals surface area contributed by atoms with Crippen molar-refractivity contribution < 1.29 is 4.79 Å². The molecule has 2 aromatic rings. The molecule has 0 spiro atoms. The van der Waals surface area contributed by atoms with Gasteiger partial charge in [-0.05, 0) is 42.3 Å². The van der Waals surface area contributed by atoms with Crippen LogP contribution in [0.4, 0.5) is 11.5 Å². The van der Waals surface area contributed by atoms with Gasteiger partial charge in [-0.3, -0.25) is 4.79 Å². The molecule has 138 valence electrons. The molecule has 5 nitrogen and oxygen atoms in total. The highest BCUT2D eigenvalue weighted by Gasteiger charge is 2.17. The van der Waals surface area contributed by atoms with Crippen molar-refractivity contribution in [2.45, 2.75) is 26.2 Å². The van der Waals surface area contributed by atoms with E-state index in [4.69, 9.17) is 0 Å². The highest BCUT2D eigenvalue weighted by Crippen LogP contribution is 2.24. The molecule has 3 rings (SSSR count). The van der Waals surface area contributed by atoms with Crippen molar-refractivity contribution in [1.29, 1.82) is 0 Å². The first-order valence-electron chi connectivity index (χ1n) is 9.14. The van der Waals surface area contributed by atoms with E-state index >= 15 is 0 Å². The topological polar surface area (TPSA) is 48.5 Å². The lowest BCUT2D eigenvalue weighted by atomic mass is 9.87. The van der Waals surface area contributed by atoms with Crippen LogP contribution in [0.2, 0.25) is 0 Å². The summed E-state index contributed by atoms with van der Waals surface area (Å²) in [5.74, 6) is 0.764. The van der Waals surface area contributed by atoms with E-state index in [9.17, 15) is 4.79 Å². The molecule has 2 heterocycles. The Morgan fingerprint density at radius 1 is 1.04 bits per heavy atom. The van der Waals surface area contributed by atoms with Crippen LogP contribution in [0.15, 0.2) is 42.6 Å². The van der Waals surface area contributed by atoms with Crippen molar-refractivity contribution in [3.63, 3.8) is 0 Å². The minimum atomic E-state index is -0.105. The normalized spacial score (nSPS) is 15.8. The van der Waals surface area contributed by atoms with E-state index in [1.54, 1.807) is 12.3 Å². The van der Waals surface area contributed by atoms with Crippen LogP contribution in [0.25, 0.3) is 0 Å². The van der Waals surface area contributed by atoms with Gasteiger partial charge in [-0.1, -0.05) is 32.9 Å². The van der Waals surface area contributed by atoms with Crippen LogP contribution in [0.1, 0.15) is 36.7 Å². The number of nitrogens with zero attached hydrogens (tertiary/aromatic N) is 3. The van der Waals surface area contributed by atoms with E-state index in [-0.39, 0.29) is 11.3 Å². The molecular weight excluding hydrogens is 324 g/mol. The maximum atomic E-state index is 12.6. The number of pyridine rings is 1. The molecule has 26 heavy (non-hydrogen) atoms. The highest BCUT2D eigenvalue weighted by atomic mass is 16.1. The van der Waals surface area contributed by atoms with Crippen molar-refractivity contribution >= 4 is 17.4 Å². The van der Waals surface area contributed by atoms with Gasteiger partial charge in [0, 0.05) is 43.6 Å². The van der Waals surface area contributed by atoms with E-state index in [0.717, 1.165) is 37.7 Å². The molecule has 1 aromatic heterocycles. The van der Waals surface area contributed by atoms with Gasteiger partial charge in [0.05, 0.1) is 0 Å². The molecule has 0 radical (unpaired) electrons. The summed E-state index contributed by atoms with van der Waals surface area (Å²) < 4.78 is 0. The van der Waals surface area contributed by atoms with Crippen LogP contribution in [0, 0.1) is 0 Å². The Morgan fingerprint density at radius 2 is 1.69 bits per heavy atom. The van der Waals surface area contributed by atoms with Gasteiger partial charge in [0.2, 0.25) is 0 Å². The number of hydrogen-bond acceptors (Lipinski definition) is 4. The molecule has 1 fully saturated rings. The second-order valence-electron chi connectivity index (χ2n) is 7.97. The highest BCUT2D eigenvalue weighted by molar-refractivity contribution is 6.04. The van der Waals surface area contributed by atoms with Gasteiger partial charge in [0.25, 0.3) is 5.91 Å². The first-order valence-corrected chi connectivity index (χ1v) is 9.14. The predicted molar refractivity (Wildman–Crippen MR) is 107 cm³/mol. The molecule has 0 atom stereocenters. The van der Waals surface area contributed by atoms with Crippen LogP contribution in [-0.2, 0) is 5.41 Å². The number of aromatic nitrogens is 1. The third kappa shape index (κ3) is 4.41. The second-order valence-corrected chi connectivity index (χ2v) is 7.97. The maximum absolute atomic E-state index is 12.6. The molecule has 1 aliphatic rings. The van der Waals surface area contributed by atoms with Crippen molar-refractivity contribution in [3.8, 4) is 0 Å². The number of benzene rings is 1. The number of rotatable bonds is 3. The number of amides is 1. The van der Waals surface area contributed by atoms with Crippen LogP contribution < -0.4 is 10.2 Å². The van der Waals surface area contributed by atoms with Crippen molar-refractivity contribution in [2.24, 2.45) is 0 Å². The molecule has 0 bridgehead atoms. The molecule has 1 N–H and O–H groups in total. The Labute approximate surface area is 156 Å². The number of carbonyl (C=O) groups is 1. The number of hydrogen-bond donors (Lipinski definition) is 1.